The molecule has 5 rings (SSSR count). The summed E-state index contributed by atoms with van der Waals surface area (Å²) in [6, 6.07) is 20.5. The number of hydrogen-bond acceptors (Lipinski definition) is 7. The molecule has 2 aromatic carbocycles. The van der Waals surface area contributed by atoms with Crippen molar-refractivity contribution < 1.29 is 18.9 Å². The fourth-order valence-electron chi connectivity index (χ4n) is 4.76. The van der Waals surface area contributed by atoms with Crippen molar-refractivity contribution in [1.29, 1.82) is 0 Å². The number of thiocarbonyl (C=S) groups is 1. The van der Waals surface area contributed by atoms with Gasteiger partial charge in [-0.15, -0.1) is 0 Å². The molecule has 0 spiro atoms. The molecule has 2 atom stereocenters. The van der Waals surface area contributed by atoms with E-state index in [4.69, 9.17) is 21.4 Å². The minimum atomic E-state index is -0.477. The monoisotopic (exact) mass is 557 g/mol. The Morgan fingerprint density at radius 1 is 1.18 bits per heavy atom. The molecule has 2 N–H and O–H groups in total. The molecule has 0 saturated carbocycles. The molecule has 11 heteroatoms. The minimum Gasteiger partial charge on any atom is -0.496 e. The van der Waals surface area contributed by atoms with Crippen molar-refractivity contribution in [3.05, 3.63) is 106 Å². The zero-order valence-corrected chi connectivity index (χ0v) is 22.7. The van der Waals surface area contributed by atoms with Crippen LogP contribution in [0.1, 0.15) is 35.5 Å². The molecular weight excluding hydrogens is 530 g/mol. The predicted molar refractivity (Wildman–Crippen MR) is 154 cm³/mol. The van der Waals surface area contributed by atoms with Crippen molar-refractivity contribution in [2.75, 3.05) is 19.0 Å². The third kappa shape index (κ3) is 5.50. The number of benzene rings is 2. The summed E-state index contributed by atoms with van der Waals surface area (Å²) in [6.07, 6.45) is 1.91. The van der Waals surface area contributed by atoms with Crippen LogP contribution in [-0.4, -0.2) is 39.5 Å². The second-order valence-electron chi connectivity index (χ2n) is 9.28. The number of nitro groups is 1. The number of hydrogen-bond donors (Lipinski definition) is 2. The Kier molecular flexibility index (Phi) is 7.74. The van der Waals surface area contributed by atoms with Crippen LogP contribution in [0, 0.1) is 17.0 Å². The molecule has 1 aliphatic rings. The first kappa shape index (κ1) is 26.8. The second-order valence-corrected chi connectivity index (χ2v) is 9.66. The lowest BCUT2D eigenvalue weighted by Crippen LogP contribution is -2.32. The number of ether oxygens (including phenoxy) is 1. The first-order valence-electron chi connectivity index (χ1n) is 12.6. The zero-order valence-electron chi connectivity index (χ0n) is 21.9. The fourth-order valence-corrected chi connectivity index (χ4v) is 5.09. The first-order valence-corrected chi connectivity index (χ1v) is 13.0. The highest BCUT2D eigenvalue weighted by molar-refractivity contribution is 7.80. The summed E-state index contributed by atoms with van der Waals surface area (Å²) in [7, 11) is 1.45. The van der Waals surface area contributed by atoms with Crippen molar-refractivity contribution in [2.24, 2.45) is 0 Å². The standard InChI is InChI=1S/C29H27N5O5S/c1-18-7-3-4-8-21(18)31-26(35)14-16-33-28(27(32-29(33)40)22-9-5-6-15-30-22)24-13-12-23(39-24)20-11-10-19(34(36)37)17-25(20)38-2/h3-13,15,17,27-28H,14,16H2,1-2H3,(H,31,35)(H,32,40)/t27-,28+/m1/s1. The lowest BCUT2D eigenvalue weighted by Gasteiger charge is -2.26. The third-order valence-electron chi connectivity index (χ3n) is 6.78. The number of carbonyl (C=O) groups excluding carboxylic acids is 1. The van der Waals surface area contributed by atoms with Crippen LogP contribution in [0.4, 0.5) is 11.4 Å². The SMILES string of the molecule is COc1cc([N+](=O)[O-])ccc1-c1ccc([C@H]2[C@@H](c3ccccn3)NC(=S)N2CCC(=O)Nc2ccccc2C)o1. The van der Waals surface area contributed by atoms with Crippen molar-refractivity contribution in [3.63, 3.8) is 0 Å². The van der Waals surface area contributed by atoms with E-state index >= 15 is 0 Å². The van der Waals surface area contributed by atoms with Gasteiger partial charge in [-0.05, 0) is 61.1 Å². The van der Waals surface area contributed by atoms with E-state index in [1.165, 1.54) is 19.2 Å². The van der Waals surface area contributed by atoms with Crippen LogP contribution in [0.15, 0.2) is 83.4 Å². The molecule has 1 fully saturated rings. The second kappa shape index (κ2) is 11.5. The summed E-state index contributed by atoms with van der Waals surface area (Å²) >= 11 is 5.71. The molecule has 204 valence electrons. The van der Waals surface area contributed by atoms with Gasteiger partial charge in [0.15, 0.2) is 5.11 Å². The average molecular weight is 558 g/mol. The molecule has 0 radical (unpaired) electrons. The van der Waals surface area contributed by atoms with Crippen molar-refractivity contribution >= 4 is 34.6 Å². The molecule has 2 aromatic heterocycles. The number of anilines is 1. The predicted octanol–water partition coefficient (Wildman–Crippen LogP) is 5.57. The Labute approximate surface area is 236 Å². The van der Waals surface area contributed by atoms with Crippen LogP contribution in [0.25, 0.3) is 11.3 Å². The van der Waals surface area contributed by atoms with E-state index in [1.807, 2.05) is 60.4 Å². The highest BCUT2D eigenvalue weighted by atomic mass is 32.1. The normalized spacial score (nSPS) is 16.4. The van der Waals surface area contributed by atoms with Crippen molar-refractivity contribution in [3.8, 4) is 17.1 Å². The smallest absolute Gasteiger partial charge is 0.273 e. The maximum atomic E-state index is 12.9. The maximum Gasteiger partial charge on any atom is 0.273 e. The summed E-state index contributed by atoms with van der Waals surface area (Å²) in [5.41, 5.74) is 3.01. The van der Waals surface area contributed by atoms with E-state index in [0.29, 0.717) is 34.5 Å². The van der Waals surface area contributed by atoms with Crippen LogP contribution in [0.2, 0.25) is 0 Å². The van der Waals surface area contributed by atoms with Crippen molar-refractivity contribution in [1.82, 2.24) is 15.2 Å². The number of nitrogens with zero attached hydrogens (tertiary/aromatic N) is 3. The van der Waals surface area contributed by atoms with Crippen molar-refractivity contribution in [2.45, 2.75) is 25.4 Å². The zero-order chi connectivity index (χ0) is 28.2. The van der Waals surface area contributed by atoms with Gasteiger partial charge < -0.3 is 24.7 Å². The van der Waals surface area contributed by atoms with Gasteiger partial charge in [0.1, 0.15) is 23.3 Å². The number of pyridine rings is 1. The molecule has 0 aliphatic carbocycles. The Hall–Kier alpha value is -4.77. The van der Waals surface area contributed by atoms with Crippen LogP contribution in [-0.2, 0) is 4.79 Å². The summed E-state index contributed by atoms with van der Waals surface area (Å²) in [4.78, 5) is 30.1. The van der Waals surface area contributed by atoms with E-state index in [1.54, 1.807) is 18.3 Å². The van der Waals surface area contributed by atoms with E-state index in [2.05, 4.69) is 15.6 Å². The topological polar surface area (TPSA) is 123 Å². The first-order chi connectivity index (χ1) is 19.4. The summed E-state index contributed by atoms with van der Waals surface area (Å²) in [6.45, 7) is 2.28. The van der Waals surface area contributed by atoms with Gasteiger partial charge in [-0.3, -0.25) is 19.9 Å². The third-order valence-corrected chi connectivity index (χ3v) is 7.13. The molecule has 4 aromatic rings. The summed E-state index contributed by atoms with van der Waals surface area (Å²) < 4.78 is 11.7. The van der Waals surface area contributed by atoms with E-state index in [9.17, 15) is 14.9 Å². The highest BCUT2D eigenvalue weighted by Gasteiger charge is 2.41. The van der Waals surface area contributed by atoms with Crippen LogP contribution >= 0.6 is 12.2 Å². The van der Waals surface area contributed by atoms with Gasteiger partial charge in [0.05, 0.1) is 35.4 Å². The number of methoxy groups -OCH3 is 1. The molecule has 40 heavy (non-hydrogen) atoms. The van der Waals surface area contributed by atoms with Gasteiger partial charge in [-0.1, -0.05) is 24.3 Å². The number of aryl methyl sites for hydroxylation is 1. The van der Waals surface area contributed by atoms with Crippen LogP contribution in [0.5, 0.6) is 5.75 Å². The number of furan rings is 1. The van der Waals surface area contributed by atoms with Gasteiger partial charge in [-0.2, -0.15) is 0 Å². The van der Waals surface area contributed by atoms with Gasteiger partial charge in [0.2, 0.25) is 5.91 Å². The number of para-hydroxylation sites is 1. The molecule has 0 unspecified atom stereocenters. The number of carbonyl (C=O) groups is 1. The fraction of sp³-hybridized carbons (Fsp3) is 0.207. The Morgan fingerprint density at radius 3 is 2.70 bits per heavy atom. The number of rotatable bonds is 9. The molecule has 0 bridgehead atoms. The van der Waals surface area contributed by atoms with E-state index in [0.717, 1.165) is 16.9 Å². The molecule has 1 aliphatic heterocycles. The quantitative estimate of drug-likeness (QED) is 0.154. The number of non-ortho nitro benzene ring substituents is 1. The van der Waals surface area contributed by atoms with Gasteiger partial charge in [0, 0.05) is 30.9 Å². The van der Waals surface area contributed by atoms with Crippen LogP contribution < -0.4 is 15.4 Å². The Balaban J connectivity index is 1.43. The molecule has 1 saturated heterocycles. The number of amides is 1. The molecule has 10 nitrogen and oxygen atoms in total. The van der Waals surface area contributed by atoms with Gasteiger partial charge >= 0.3 is 0 Å². The molecule has 1 amide bonds. The van der Waals surface area contributed by atoms with E-state index < -0.39 is 11.0 Å². The lowest BCUT2D eigenvalue weighted by molar-refractivity contribution is -0.384. The summed E-state index contributed by atoms with van der Waals surface area (Å²) in [5, 5.41) is 18.0. The van der Waals surface area contributed by atoms with E-state index in [-0.39, 0.29) is 24.1 Å². The largest absolute Gasteiger partial charge is 0.496 e. The Bertz CT molecular complexity index is 1560. The lowest BCUT2D eigenvalue weighted by atomic mass is 10.0. The molecule has 3 heterocycles. The van der Waals surface area contributed by atoms with Gasteiger partial charge in [-0.25, -0.2) is 0 Å². The minimum absolute atomic E-state index is 0.0805. The molecular formula is C29H27N5O5S. The average Bonchev–Trinajstić information content (AvgIpc) is 3.57. The Morgan fingerprint density at radius 2 is 1.98 bits per heavy atom. The number of nitrogens with one attached hydrogen (secondary N) is 2. The number of nitro benzene ring substituents is 1. The number of aromatic nitrogens is 1. The highest BCUT2D eigenvalue weighted by Crippen LogP contribution is 2.42. The summed E-state index contributed by atoms with van der Waals surface area (Å²) in [5.74, 6) is 1.27. The maximum absolute atomic E-state index is 12.9. The van der Waals surface area contributed by atoms with Crippen LogP contribution in [0.3, 0.4) is 0 Å². The van der Waals surface area contributed by atoms with Gasteiger partial charge in [0.25, 0.3) is 5.69 Å².